The molecular weight excluding hydrogens is 176 g/mol. The van der Waals surface area contributed by atoms with E-state index in [1.54, 1.807) is 6.07 Å². The molecule has 0 saturated heterocycles. The highest BCUT2D eigenvalue weighted by atomic mass is 32.2. The van der Waals surface area contributed by atoms with Gasteiger partial charge < -0.3 is 0 Å². The molecule has 4 nitrogen and oxygen atoms in total. The van der Waals surface area contributed by atoms with Gasteiger partial charge in [0.05, 0.1) is 6.07 Å². The third kappa shape index (κ3) is 2.32. The zero-order valence-corrected chi connectivity index (χ0v) is 8.00. The largest absolute Gasteiger partial charge is 0.230 e. The molecule has 0 N–H and O–H groups in total. The second-order valence-electron chi connectivity index (χ2n) is 2.39. The molecule has 0 aromatic rings. The molecule has 12 heavy (non-hydrogen) atoms. The molecule has 0 aliphatic carbocycles. The average Bonchev–Trinajstić information content (AvgIpc) is 2.03. The van der Waals surface area contributed by atoms with Crippen molar-refractivity contribution >= 4 is 10.0 Å². The summed E-state index contributed by atoms with van der Waals surface area (Å²) in [7, 11) is -2.03. The summed E-state index contributed by atoms with van der Waals surface area (Å²) < 4.78 is 23.7. The third-order valence-electron chi connectivity index (χ3n) is 1.45. The molecule has 1 atom stereocenters. The van der Waals surface area contributed by atoms with Crippen molar-refractivity contribution in [1.82, 2.24) is 4.31 Å². The second kappa shape index (κ2) is 4.24. The van der Waals surface area contributed by atoms with Gasteiger partial charge in [-0.2, -0.15) is 5.26 Å². The summed E-state index contributed by atoms with van der Waals surface area (Å²) in [4.78, 5) is 0. The van der Waals surface area contributed by atoms with Gasteiger partial charge in [-0.3, -0.25) is 0 Å². The SMILES string of the molecule is C=CCN(C)S(=O)(=O)C(C)C#N. The van der Waals surface area contributed by atoms with Crippen LogP contribution in [0.5, 0.6) is 0 Å². The first kappa shape index (κ1) is 11.1. The molecular formula is C7H12N2O2S. The Balaban J connectivity index is 4.64. The number of nitrogens with zero attached hydrogens (tertiary/aromatic N) is 2. The monoisotopic (exact) mass is 188 g/mol. The topological polar surface area (TPSA) is 61.2 Å². The Hall–Kier alpha value is -0.860. The Kier molecular flexibility index (Phi) is 3.93. The Morgan fingerprint density at radius 1 is 1.75 bits per heavy atom. The van der Waals surface area contributed by atoms with E-state index < -0.39 is 15.3 Å². The molecule has 0 aromatic carbocycles. The molecule has 1 unspecified atom stereocenters. The lowest BCUT2D eigenvalue weighted by Gasteiger charge is -2.15. The van der Waals surface area contributed by atoms with Crippen molar-refractivity contribution in [2.24, 2.45) is 0 Å². The van der Waals surface area contributed by atoms with Crippen molar-refractivity contribution in [3.05, 3.63) is 12.7 Å². The lowest BCUT2D eigenvalue weighted by atomic mass is 10.5. The van der Waals surface area contributed by atoms with Crippen molar-refractivity contribution in [1.29, 1.82) is 5.26 Å². The van der Waals surface area contributed by atoms with E-state index in [4.69, 9.17) is 5.26 Å². The summed E-state index contributed by atoms with van der Waals surface area (Å²) in [5.41, 5.74) is 0. The van der Waals surface area contributed by atoms with Crippen molar-refractivity contribution in [2.75, 3.05) is 13.6 Å². The first-order valence-corrected chi connectivity index (χ1v) is 4.92. The zero-order chi connectivity index (χ0) is 9.78. The van der Waals surface area contributed by atoms with E-state index in [2.05, 4.69) is 6.58 Å². The van der Waals surface area contributed by atoms with E-state index in [0.29, 0.717) is 0 Å². The second-order valence-corrected chi connectivity index (χ2v) is 4.75. The molecule has 0 aromatic heterocycles. The van der Waals surface area contributed by atoms with Gasteiger partial charge >= 0.3 is 0 Å². The fraction of sp³-hybridized carbons (Fsp3) is 0.571. The van der Waals surface area contributed by atoms with Gasteiger partial charge in [-0.15, -0.1) is 6.58 Å². The van der Waals surface area contributed by atoms with Crippen LogP contribution in [0.4, 0.5) is 0 Å². The maximum atomic E-state index is 11.3. The number of hydrogen-bond acceptors (Lipinski definition) is 3. The normalized spacial score (nSPS) is 13.8. The standard InChI is InChI=1S/C7H12N2O2S/c1-4-5-9(3)12(10,11)7(2)6-8/h4,7H,1,5H2,2-3H3. The van der Waals surface area contributed by atoms with Gasteiger partial charge in [-0.05, 0) is 6.92 Å². The molecule has 0 saturated carbocycles. The van der Waals surface area contributed by atoms with Crippen molar-refractivity contribution in [3.8, 4) is 6.07 Å². The van der Waals surface area contributed by atoms with Gasteiger partial charge in [0.2, 0.25) is 10.0 Å². The van der Waals surface area contributed by atoms with Crippen LogP contribution in [0.3, 0.4) is 0 Å². The molecule has 0 rings (SSSR count). The van der Waals surface area contributed by atoms with Crippen LogP contribution in [0.25, 0.3) is 0 Å². The number of hydrogen-bond donors (Lipinski definition) is 0. The molecule has 0 fully saturated rings. The van der Waals surface area contributed by atoms with Gasteiger partial charge in [0.15, 0.2) is 5.25 Å². The van der Waals surface area contributed by atoms with E-state index >= 15 is 0 Å². The first-order chi connectivity index (χ1) is 5.46. The lowest BCUT2D eigenvalue weighted by Crippen LogP contribution is -2.33. The predicted octanol–water partition coefficient (Wildman–Crippen LogP) is 0.346. The van der Waals surface area contributed by atoms with E-state index in [1.165, 1.54) is 20.0 Å². The highest BCUT2D eigenvalue weighted by Gasteiger charge is 2.24. The van der Waals surface area contributed by atoms with E-state index in [1.807, 2.05) is 0 Å². The van der Waals surface area contributed by atoms with Gasteiger partial charge in [0.1, 0.15) is 0 Å². The maximum Gasteiger partial charge on any atom is 0.230 e. The van der Waals surface area contributed by atoms with Crippen LogP contribution < -0.4 is 0 Å². The Morgan fingerprint density at radius 2 is 2.25 bits per heavy atom. The molecule has 0 amide bonds. The summed E-state index contributed by atoms with van der Waals surface area (Å²) >= 11 is 0. The zero-order valence-electron chi connectivity index (χ0n) is 7.19. The summed E-state index contributed by atoms with van der Waals surface area (Å²) in [6.45, 7) is 5.00. The minimum Gasteiger partial charge on any atom is -0.211 e. The maximum absolute atomic E-state index is 11.3. The lowest BCUT2D eigenvalue weighted by molar-refractivity contribution is 0.495. The molecule has 0 aliphatic heterocycles. The summed E-state index contributed by atoms with van der Waals surface area (Å²) in [5, 5.41) is 7.41. The number of rotatable bonds is 4. The number of nitriles is 1. The number of likely N-dealkylation sites (N-methyl/N-ethyl adjacent to an activating group) is 1. The van der Waals surface area contributed by atoms with E-state index in [0.717, 1.165) is 4.31 Å². The Labute approximate surface area is 73.2 Å². The smallest absolute Gasteiger partial charge is 0.211 e. The molecule has 0 aliphatic rings. The molecule has 68 valence electrons. The van der Waals surface area contributed by atoms with Crippen LogP contribution in [0, 0.1) is 11.3 Å². The number of sulfonamides is 1. The van der Waals surface area contributed by atoms with Gasteiger partial charge in [-0.25, -0.2) is 12.7 Å². The minimum atomic E-state index is -3.45. The summed E-state index contributed by atoms with van der Waals surface area (Å²) in [6.07, 6.45) is 1.47. The third-order valence-corrected chi connectivity index (χ3v) is 3.47. The van der Waals surface area contributed by atoms with Gasteiger partial charge in [0.25, 0.3) is 0 Å². The quantitative estimate of drug-likeness (QED) is 0.598. The van der Waals surface area contributed by atoms with Crippen LogP contribution >= 0.6 is 0 Å². The molecule has 5 heteroatoms. The van der Waals surface area contributed by atoms with Gasteiger partial charge in [-0.1, -0.05) is 6.08 Å². The summed E-state index contributed by atoms with van der Waals surface area (Å²) in [5.74, 6) is 0. The highest BCUT2D eigenvalue weighted by molar-refractivity contribution is 7.89. The average molecular weight is 188 g/mol. The molecule has 0 spiro atoms. The molecule has 0 bridgehead atoms. The summed E-state index contributed by atoms with van der Waals surface area (Å²) in [6, 6.07) is 1.68. The van der Waals surface area contributed by atoms with Gasteiger partial charge in [0, 0.05) is 13.6 Å². The minimum absolute atomic E-state index is 0.231. The molecule has 0 radical (unpaired) electrons. The van der Waals surface area contributed by atoms with Crippen molar-refractivity contribution < 1.29 is 8.42 Å². The molecule has 0 heterocycles. The Bertz CT molecular complexity index is 289. The first-order valence-electron chi connectivity index (χ1n) is 3.42. The predicted molar refractivity (Wildman–Crippen MR) is 46.8 cm³/mol. The Morgan fingerprint density at radius 3 is 2.58 bits per heavy atom. The van der Waals surface area contributed by atoms with Crippen LogP contribution in [-0.4, -0.2) is 31.6 Å². The fourth-order valence-corrected chi connectivity index (χ4v) is 1.61. The van der Waals surface area contributed by atoms with Crippen LogP contribution in [0.15, 0.2) is 12.7 Å². The fourth-order valence-electron chi connectivity index (χ4n) is 0.622. The van der Waals surface area contributed by atoms with Crippen LogP contribution in [-0.2, 0) is 10.0 Å². The van der Waals surface area contributed by atoms with Crippen molar-refractivity contribution in [2.45, 2.75) is 12.2 Å². The van der Waals surface area contributed by atoms with E-state index in [-0.39, 0.29) is 6.54 Å². The van der Waals surface area contributed by atoms with Crippen molar-refractivity contribution in [3.63, 3.8) is 0 Å². The van der Waals surface area contributed by atoms with Crippen LogP contribution in [0.2, 0.25) is 0 Å². The highest BCUT2D eigenvalue weighted by Crippen LogP contribution is 2.04. The van der Waals surface area contributed by atoms with Crippen LogP contribution in [0.1, 0.15) is 6.92 Å². The van der Waals surface area contributed by atoms with E-state index in [9.17, 15) is 8.42 Å².